The van der Waals surface area contributed by atoms with Crippen molar-refractivity contribution >= 4 is 5.57 Å². The minimum atomic E-state index is 1.26. The molecule has 0 atom stereocenters. The molecule has 0 aliphatic carbocycles. The highest BCUT2D eigenvalue weighted by Gasteiger charge is 2.04. The predicted molar refractivity (Wildman–Crippen MR) is 88.9 cm³/mol. The summed E-state index contributed by atoms with van der Waals surface area (Å²) in [5.41, 5.74) is 7.68. The van der Waals surface area contributed by atoms with Gasteiger partial charge in [-0.2, -0.15) is 0 Å². The first-order chi connectivity index (χ1) is 9.56. The Morgan fingerprint density at radius 1 is 0.650 bits per heavy atom. The summed E-state index contributed by atoms with van der Waals surface area (Å²) in [4.78, 5) is 0. The van der Waals surface area contributed by atoms with E-state index >= 15 is 0 Å². The molecule has 0 saturated heterocycles. The molecule has 0 heteroatoms. The Balaban J connectivity index is 2.50. The molecule has 2 rings (SSSR count). The van der Waals surface area contributed by atoms with Crippen LogP contribution in [0.3, 0.4) is 0 Å². The van der Waals surface area contributed by atoms with Gasteiger partial charge in [-0.3, -0.25) is 0 Å². The molecule has 2 aromatic rings. The fourth-order valence-electron chi connectivity index (χ4n) is 2.08. The van der Waals surface area contributed by atoms with Gasteiger partial charge in [-0.25, -0.2) is 0 Å². The summed E-state index contributed by atoms with van der Waals surface area (Å²) < 4.78 is 0. The molecule has 0 spiro atoms. The van der Waals surface area contributed by atoms with Gasteiger partial charge in [0.15, 0.2) is 0 Å². The fourth-order valence-corrected chi connectivity index (χ4v) is 2.08. The van der Waals surface area contributed by atoms with Gasteiger partial charge in [0.1, 0.15) is 0 Å². The lowest BCUT2D eigenvalue weighted by molar-refractivity contribution is 1.39. The van der Waals surface area contributed by atoms with E-state index in [1.807, 2.05) is 0 Å². The van der Waals surface area contributed by atoms with E-state index in [-0.39, 0.29) is 0 Å². The summed E-state index contributed by atoms with van der Waals surface area (Å²) in [6.07, 6.45) is 4.39. The molecule has 0 aromatic heterocycles. The summed E-state index contributed by atoms with van der Waals surface area (Å²) in [6.45, 7) is 8.49. The van der Waals surface area contributed by atoms with E-state index in [4.69, 9.17) is 0 Å². The van der Waals surface area contributed by atoms with Crippen LogP contribution in [0.4, 0.5) is 0 Å². The molecule has 0 aliphatic rings. The van der Waals surface area contributed by atoms with Crippen LogP contribution >= 0.6 is 0 Å². The van der Waals surface area contributed by atoms with Gasteiger partial charge in [0, 0.05) is 0 Å². The van der Waals surface area contributed by atoms with Crippen molar-refractivity contribution in [2.75, 3.05) is 0 Å². The minimum Gasteiger partial charge on any atom is -0.0764 e. The zero-order valence-electron chi connectivity index (χ0n) is 12.8. The molecule has 0 saturated carbocycles. The van der Waals surface area contributed by atoms with Crippen LogP contribution in [0.25, 0.3) is 5.57 Å². The number of allylic oxidation sites excluding steroid dienone is 3. The molecular formula is C20H22. The quantitative estimate of drug-likeness (QED) is 0.622. The Morgan fingerprint density at radius 3 is 1.40 bits per heavy atom. The zero-order valence-corrected chi connectivity index (χ0v) is 12.8. The number of hydrogen-bond acceptors (Lipinski definition) is 0. The topological polar surface area (TPSA) is 0 Å². The molecule has 0 bridgehead atoms. The second-order valence-electron chi connectivity index (χ2n) is 5.56. The average Bonchev–Trinajstić information content (AvgIpc) is 2.42. The maximum atomic E-state index is 2.21. The Bertz CT molecular complexity index is 571. The van der Waals surface area contributed by atoms with Crippen molar-refractivity contribution in [1.82, 2.24) is 0 Å². The van der Waals surface area contributed by atoms with Crippen LogP contribution in [0.2, 0.25) is 0 Å². The number of hydrogen-bond donors (Lipinski definition) is 0. The Morgan fingerprint density at radius 2 is 1.05 bits per heavy atom. The van der Waals surface area contributed by atoms with Crippen LogP contribution in [0.1, 0.15) is 36.1 Å². The maximum absolute atomic E-state index is 2.21. The highest BCUT2D eigenvalue weighted by molar-refractivity contribution is 5.81. The summed E-state index contributed by atoms with van der Waals surface area (Å²) >= 11 is 0. The highest BCUT2D eigenvalue weighted by Crippen LogP contribution is 2.24. The largest absolute Gasteiger partial charge is 0.0764 e. The smallest absolute Gasteiger partial charge is 0.0111 e. The van der Waals surface area contributed by atoms with Gasteiger partial charge in [0.05, 0.1) is 0 Å². The molecule has 0 nitrogen and oxygen atoms in total. The van der Waals surface area contributed by atoms with Crippen LogP contribution in [-0.2, 0) is 0 Å². The van der Waals surface area contributed by atoms with Crippen LogP contribution in [0.5, 0.6) is 0 Å². The molecule has 0 heterocycles. The molecule has 0 aliphatic heterocycles. The standard InChI is InChI=1S/C20H22/c1-15(2)5-14-20(18-10-6-16(3)7-11-18)19-12-8-17(4)9-13-19/h5-14H,1-4H3. The van der Waals surface area contributed by atoms with E-state index in [2.05, 4.69) is 88.4 Å². The van der Waals surface area contributed by atoms with Crippen molar-refractivity contribution in [2.24, 2.45) is 0 Å². The third kappa shape index (κ3) is 3.71. The van der Waals surface area contributed by atoms with Gasteiger partial charge >= 0.3 is 0 Å². The van der Waals surface area contributed by atoms with E-state index in [9.17, 15) is 0 Å². The van der Waals surface area contributed by atoms with Crippen molar-refractivity contribution in [1.29, 1.82) is 0 Å². The van der Waals surface area contributed by atoms with E-state index in [0.717, 1.165) is 0 Å². The van der Waals surface area contributed by atoms with Gasteiger partial charge in [0.25, 0.3) is 0 Å². The molecule has 0 radical (unpaired) electrons. The second kappa shape index (κ2) is 6.38. The van der Waals surface area contributed by atoms with Gasteiger partial charge in [-0.1, -0.05) is 77.4 Å². The summed E-state index contributed by atoms with van der Waals surface area (Å²) in [6, 6.07) is 17.4. The SMILES string of the molecule is CC(C)=CC=C(c1ccc(C)cc1)c1ccc(C)cc1. The lowest BCUT2D eigenvalue weighted by atomic mass is 9.96. The Kier molecular flexibility index (Phi) is 4.57. The molecular weight excluding hydrogens is 240 g/mol. The number of aryl methyl sites for hydroxylation is 2. The van der Waals surface area contributed by atoms with E-state index in [0.29, 0.717) is 0 Å². The lowest BCUT2D eigenvalue weighted by Gasteiger charge is -2.09. The first kappa shape index (κ1) is 14.3. The van der Waals surface area contributed by atoms with Gasteiger partial charge in [0.2, 0.25) is 0 Å². The van der Waals surface area contributed by atoms with Crippen molar-refractivity contribution < 1.29 is 0 Å². The second-order valence-corrected chi connectivity index (χ2v) is 5.56. The first-order valence-corrected chi connectivity index (χ1v) is 7.05. The van der Waals surface area contributed by atoms with Crippen molar-refractivity contribution in [3.63, 3.8) is 0 Å². The molecule has 0 amide bonds. The predicted octanol–water partition coefficient (Wildman–Crippen LogP) is 5.70. The van der Waals surface area contributed by atoms with Crippen LogP contribution < -0.4 is 0 Å². The van der Waals surface area contributed by atoms with Crippen LogP contribution in [0, 0.1) is 13.8 Å². The van der Waals surface area contributed by atoms with E-state index in [1.54, 1.807) is 0 Å². The van der Waals surface area contributed by atoms with Gasteiger partial charge in [-0.05, 0) is 44.4 Å². The molecule has 102 valence electrons. The summed E-state index contributed by atoms with van der Waals surface area (Å²) in [5, 5.41) is 0. The summed E-state index contributed by atoms with van der Waals surface area (Å²) in [5.74, 6) is 0. The maximum Gasteiger partial charge on any atom is -0.0111 e. The average molecular weight is 262 g/mol. The third-order valence-corrected chi connectivity index (χ3v) is 3.31. The number of benzene rings is 2. The Labute approximate surface area is 122 Å². The van der Waals surface area contributed by atoms with Crippen molar-refractivity contribution in [2.45, 2.75) is 27.7 Å². The Hall–Kier alpha value is -2.08. The first-order valence-electron chi connectivity index (χ1n) is 7.05. The molecule has 0 fully saturated rings. The molecule has 2 aromatic carbocycles. The summed E-state index contributed by atoms with van der Waals surface area (Å²) in [7, 11) is 0. The lowest BCUT2D eigenvalue weighted by Crippen LogP contribution is -1.88. The van der Waals surface area contributed by atoms with E-state index < -0.39 is 0 Å². The van der Waals surface area contributed by atoms with Crippen LogP contribution in [0.15, 0.2) is 66.3 Å². The van der Waals surface area contributed by atoms with Gasteiger partial charge in [-0.15, -0.1) is 0 Å². The minimum absolute atomic E-state index is 1.26. The highest BCUT2D eigenvalue weighted by atomic mass is 14.1. The van der Waals surface area contributed by atoms with Crippen molar-refractivity contribution in [3.8, 4) is 0 Å². The normalized spacial score (nSPS) is 10.0. The van der Waals surface area contributed by atoms with Gasteiger partial charge < -0.3 is 0 Å². The third-order valence-electron chi connectivity index (χ3n) is 3.31. The zero-order chi connectivity index (χ0) is 14.5. The molecule has 0 N–H and O–H groups in total. The fraction of sp³-hybridized carbons (Fsp3) is 0.200. The van der Waals surface area contributed by atoms with E-state index in [1.165, 1.54) is 33.4 Å². The molecule has 0 unspecified atom stereocenters. The molecule has 20 heavy (non-hydrogen) atoms. The van der Waals surface area contributed by atoms with Crippen LogP contribution in [-0.4, -0.2) is 0 Å². The number of rotatable bonds is 3. The van der Waals surface area contributed by atoms with Crippen molar-refractivity contribution in [3.05, 3.63) is 88.5 Å². The monoisotopic (exact) mass is 262 g/mol.